The van der Waals surface area contributed by atoms with Crippen LogP contribution < -0.4 is 5.32 Å². The zero-order valence-electron chi connectivity index (χ0n) is 16.4. The van der Waals surface area contributed by atoms with E-state index in [0.29, 0.717) is 12.5 Å². The fourth-order valence-electron chi connectivity index (χ4n) is 3.60. The summed E-state index contributed by atoms with van der Waals surface area (Å²) in [6.45, 7) is 5.13. The van der Waals surface area contributed by atoms with Gasteiger partial charge < -0.3 is 9.88 Å². The molecule has 2 aromatic rings. The summed E-state index contributed by atoms with van der Waals surface area (Å²) in [5.74, 6) is 1.80. The van der Waals surface area contributed by atoms with Crippen molar-refractivity contribution in [1.29, 1.82) is 0 Å². The van der Waals surface area contributed by atoms with Crippen LogP contribution in [0.4, 0.5) is 0 Å². The highest BCUT2D eigenvalue weighted by atomic mass is 32.2. The van der Waals surface area contributed by atoms with Crippen LogP contribution in [-0.4, -0.2) is 32.5 Å². The molecule has 0 atom stereocenters. The monoisotopic (exact) mass is 386 g/mol. The minimum atomic E-state index is 0.162. The number of thioether (sulfide) groups is 1. The van der Waals surface area contributed by atoms with E-state index in [2.05, 4.69) is 58.2 Å². The maximum atomic E-state index is 12.2. The second-order valence-electron chi connectivity index (χ2n) is 7.33. The predicted molar refractivity (Wildman–Crippen MR) is 111 cm³/mol. The van der Waals surface area contributed by atoms with Gasteiger partial charge in [0.2, 0.25) is 5.91 Å². The fourth-order valence-corrected chi connectivity index (χ4v) is 4.50. The van der Waals surface area contributed by atoms with Crippen LogP contribution in [0.1, 0.15) is 57.4 Å². The van der Waals surface area contributed by atoms with E-state index in [4.69, 9.17) is 0 Å². The summed E-state index contributed by atoms with van der Waals surface area (Å²) in [4.78, 5) is 12.2. The molecule has 0 saturated heterocycles. The summed E-state index contributed by atoms with van der Waals surface area (Å²) in [6, 6.07) is 8.74. The van der Waals surface area contributed by atoms with E-state index < -0.39 is 0 Å². The van der Waals surface area contributed by atoms with Crippen LogP contribution in [0.3, 0.4) is 0 Å². The number of benzene rings is 1. The lowest BCUT2D eigenvalue weighted by molar-refractivity contribution is -0.121. The molecule has 0 radical (unpaired) electrons. The third-order valence-electron chi connectivity index (χ3n) is 4.97. The minimum Gasteiger partial charge on any atom is -0.353 e. The number of aromatic nitrogens is 3. The fraction of sp³-hybridized carbons (Fsp3) is 0.571. The van der Waals surface area contributed by atoms with Crippen molar-refractivity contribution in [3.8, 4) is 11.4 Å². The molecule has 146 valence electrons. The lowest BCUT2D eigenvalue weighted by Gasteiger charge is -2.22. The molecule has 5 nitrogen and oxygen atoms in total. The molecule has 0 bridgehead atoms. The van der Waals surface area contributed by atoms with E-state index in [1.165, 1.54) is 24.8 Å². The Kier molecular flexibility index (Phi) is 7.33. The average molecular weight is 387 g/mol. The number of rotatable bonds is 8. The molecule has 6 heteroatoms. The van der Waals surface area contributed by atoms with Gasteiger partial charge in [-0.2, -0.15) is 0 Å². The minimum absolute atomic E-state index is 0.162. The SMILES string of the molecule is CCCn1c(SCCC(=O)NC2CCCCC2)nnc1-c1cccc(C)c1. The summed E-state index contributed by atoms with van der Waals surface area (Å²) >= 11 is 1.63. The molecule has 3 rings (SSSR count). The third-order valence-corrected chi connectivity index (χ3v) is 5.94. The van der Waals surface area contributed by atoms with Gasteiger partial charge in [-0.15, -0.1) is 10.2 Å². The van der Waals surface area contributed by atoms with Crippen molar-refractivity contribution in [3.63, 3.8) is 0 Å². The molecular weight excluding hydrogens is 356 g/mol. The first-order valence-corrected chi connectivity index (χ1v) is 11.1. The number of amides is 1. The Morgan fingerprint density at radius 2 is 2.07 bits per heavy atom. The van der Waals surface area contributed by atoms with Crippen molar-refractivity contribution in [1.82, 2.24) is 20.1 Å². The van der Waals surface area contributed by atoms with E-state index in [1.54, 1.807) is 11.8 Å². The van der Waals surface area contributed by atoms with Crippen molar-refractivity contribution in [2.45, 2.75) is 76.5 Å². The summed E-state index contributed by atoms with van der Waals surface area (Å²) in [6.07, 6.45) is 7.58. The van der Waals surface area contributed by atoms with Crippen LogP contribution >= 0.6 is 11.8 Å². The van der Waals surface area contributed by atoms with E-state index in [0.717, 1.165) is 48.1 Å². The number of hydrogen-bond acceptors (Lipinski definition) is 4. The van der Waals surface area contributed by atoms with Gasteiger partial charge in [-0.05, 0) is 32.3 Å². The Balaban J connectivity index is 1.58. The van der Waals surface area contributed by atoms with Crippen molar-refractivity contribution in [3.05, 3.63) is 29.8 Å². The first-order valence-electron chi connectivity index (χ1n) is 10.1. The molecule has 0 aliphatic heterocycles. The number of nitrogens with zero attached hydrogens (tertiary/aromatic N) is 3. The van der Waals surface area contributed by atoms with Gasteiger partial charge in [0.25, 0.3) is 0 Å². The standard InChI is InChI=1S/C21H30N4OS/c1-3-13-25-20(17-9-7-8-16(2)15-17)23-24-21(25)27-14-12-19(26)22-18-10-5-4-6-11-18/h7-9,15,18H,3-6,10-14H2,1-2H3,(H,22,26). The lowest BCUT2D eigenvalue weighted by Crippen LogP contribution is -2.36. The van der Waals surface area contributed by atoms with Crippen LogP contribution in [0, 0.1) is 6.92 Å². The van der Waals surface area contributed by atoms with E-state index in [1.807, 2.05) is 0 Å². The molecule has 1 heterocycles. The van der Waals surface area contributed by atoms with Crippen molar-refractivity contribution >= 4 is 17.7 Å². The molecule has 1 amide bonds. The lowest BCUT2D eigenvalue weighted by atomic mass is 9.95. The van der Waals surface area contributed by atoms with Gasteiger partial charge in [0.1, 0.15) is 0 Å². The van der Waals surface area contributed by atoms with Gasteiger partial charge in [-0.1, -0.05) is 61.7 Å². The molecule has 1 fully saturated rings. The Bertz CT molecular complexity index is 752. The van der Waals surface area contributed by atoms with Crippen molar-refractivity contribution < 1.29 is 4.79 Å². The van der Waals surface area contributed by atoms with Gasteiger partial charge in [-0.3, -0.25) is 4.79 Å². The van der Waals surface area contributed by atoms with Crippen LogP contribution in [-0.2, 0) is 11.3 Å². The first-order chi connectivity index (χ1) is 13.2. The quantitative estimate of drug-likeness (QED) is 0.674. The largest absolute Gasteiger partial charge is 0.353 e. The first kappa shape index (κ1) is 19.9. The summed E-state index contributed by atoms with van der Waals surface area (Å²) in [5.41, 5.74) is 2.31. The highest BCUT2D eigenvalue weighted by Crippen LogP contribution is 2.25. The molecule has 1 N–H and O–H groups in total. The summed E-state index contributed by atoms with van der Waals surface area (Å²) in [7, 11) is 0. The van der Waals surface area contributed by atoms with Crippen LogP contribution in [0.25, 0.3) is 11.4 Å². The number of carbonyl (C=O) groups is 1. The third kappa shape index (κ3) is 5.58. The smallest absolute Gasteiger partial charge is 0.221 e. The van der Waals surface area contributed by atoms with Crippen molar-refractivity contribution in [2.24, 2.45) is 0 Å². The van der Waals surface area contributed by atoms with Gasteiger partial charge >= 0.3 is 0 Å². The second-order valence-corrected chi connectivity index (χ2v) is 8.39. The van der Waals surface area contributed by atoms with Gasteiger partial charge in [0.15, 0.2) is 11.0 Å². The van der Waals surface area contributed by atoms with E-state index in [-0.39, 0.29) is 5.91 Å². The Morgan fingerprint density at radius 1 is 1.26 bits per heavy atom. The maximum Gasteiger partial charge on any atom is 0.221 e. The predicted octanol–water partition coefficient (Wildman–Crippen LogP) is 4.59. The highest BCUT2D eigenvalue weighted by Gasteiger charge is 2.17. The molecule has 1 saturated carbocycles. The second kappa shape index (κ2) is 9.93. The molecule has 0 spiro atoms. The van der Waals surface area contributed by atoms with Gasteiger partial charge in [0, 0.05) is 30.3 Å². The molecule has 1 aromatic carbocycles. The Morgan fingerprint density at radius 3 is 2.81 bits per heavy atom. The Hall–Kier alpha value is -1.82. The number of carbonyl (C=O) groups excluding carboxylic acids is 1. The molecule has 1 aliphatic rings. The van der Waals surface area contributed by atoms with Crippen LogP contribution in [0.15, 0.2) is 29.4 Å². The molecular formula is C21H30N4OS. The van der Waals surface area contributed by atoms with E-state index in [9.17, 15) is 4.79 Å². The van der Waals surface area contributed by atoms with Gasteiger partial charge in [0.05, 0.1) is 0 Å². The highest BCUT2D eigenvalue weighted by molar-refractivity contribution is 7.99. The summed E-state index contributed by atoms with van der Waals surface area (Å²) in [5, 5.41) is 12.9. The number of aryl methyl sites for hydroxylation is 1. The van der Waals surface area contributed by atoms with Crippen LogP contribution in [0.5, 0.6) is 0 Å². The zero-order valence-corrected chi connectivity index (χ0v) is 17.2. The summed E-state index contributed by atoms with van der Waals surface area (Å²) < 4.78 is 2.18. The van der Waals surface area contributed by atoms with Gasteiger partial charge in [-0.25, -0.2) is 0 Å². The average Bonchev–Trinajstić information content (AvgIpc) is 3.06. The normalized spacial score (nSPS) is 15.0. The molecule has 27 heavy (non-hydrogen) atoms. The van der Waals surface area contributed by atoms with Crippen LogP contribution in [0.2, 0.25) is 0 Å². The molecule has 1 aliphatic carbocycles. The zero-order chi connectivity index (χ0) is 19.1. The van der Waals surface area contributed by atoms with Crippen molar-refractivity contribution in [2.75, 3.05) is 5.75 Å². The number of nitrogens with one attached hydrogen (secondary N) is 1. The maximum absolute atomic E-state index is 12.2. The molecule has 1 aromatic heterocycles. The Labute approximate surface area is 166 Å². The van der Waals surface area contributed by atoms with E-state index >= 15 is 0 Å². The number of hydrogen-bond donors (Lipinski definition) is 1. The molecule has 0 unspecified atom stereocenters. The topological polar surface area (TPSA) is 59.8 Å².